The molecule has 1 saturated heterocycles. The van der Waals surface area contributed by atoms with Gasteiger partial charge in [-0.15, -0.1) is 0 Å². The minimum Gasteiger partial charge on any atom is -0.479 e. The van der Waals surface area contributed by atoms with Crippen molar-refractivity contribution in [2.75, 3.05) is 13.2 Å². The fourth-order valence-corrected chi connectivity index (χ4v) is 8.85. The molecule has 0 amide bonds. The maximum absolute atomic E-state index is 13.2. The Hall–Kier alpha value is -4.36. The number of unbranched alkanes of at least 4 members (excludes halogenated alkanes) is 22. The smallest absolute Gasteiger partial charge is 0.335 e. The predicted octanol–water partition coefficient (Wildman–Crippen LogP) is 16.5. The third-order valence-corrected chi connectivity index (χ3v) is 13.6. The van der Waals surface area contributed by atoms with Crippen LogP contribution in [0.2, 0.25) is 0 Å². The van der Waals surface area contributed by atoms with Crippen LogP contribution in [0, 0.1) is 0 Å². The lowest BCUT2D eigenvalue weighted by molar-refractivity contribution is -0.301. The highest BCUT2D eigenvalue weighted by atomic mass is 16.7. The molecular weight excluding hydrogens is 997 g/mol. The van der Waals surface area contributed by atoms with Crippen molar-refractivity contribution in [2.45, 2.75) is 289 Å². The number of aliphatic hydroxyl groups is 2. The highest BCUT2D eigenvalue weighted by molar-refractivity contribution is 5.74. The monoisotopic (exact) mass is 1110 g/mol. The lowest BCUT2D eigenvalue weighted by Crippen LogP contribution is -2.61. The van der Waals surface area contributed by atoms with Crippen LogP contribution >= 0.6 is 0 Å². The van der Waals surface area contributed by atoms with E-state index in [1.165, 1.54) is 77.0 Å². The molecule has 3 N–H and O–H groups in total. The average molecular weight is 1110 g/mol. The fraction of sp³-hybridized carbons (Fsp3) is 0.701. The number of carboxylic acids is 1. The van der Waals surface area contributed by atoms with Crippen LogP contribution in [0.3, 0.4) is 0 Å². The molecule has 6 atom stereocenters. The summed E-state index contributed by atoms with van der Waals surface area (Å²) >= 11 is 0. The molecule has 12 nitrogen and oxygen atoms in total. The van der Waals surface area contributed by atoms with E-state index in [-0.39, 0.29) is 25.9 Å². The first-order chi connectivity index (χ1) is 38.6. The molecule has 0 spiro atoms. The number of aliphatic carboxylic acids is 1. The van der Waals surface area contributed by atoms with E-state index in [0.29, 0.717) is 25.7 Å². The van der Waals surface area contributed by atoms with Crippen molar-refractivity contribution in [3.05, 3.63) is 97.2 Å². The highest BCUT2D eigenvalue weighted by Crippen LogP contribution is 2.26. The molecule has 1 fully saturated rings. The topological polar surface area (TPSA) is 175 Å². The van der Waals surface area contributed by atoms with E-state index in [4.69, 9.17) is 23.7 Å². The zero-order chi connectivity index (χ0) is 57.5. The first-order valence-electron chi connectivity index (χ1n) is 31.2. The maximum Gasteiger partial charge on any atom is 0.335 e. The molecule has 1 aliphatic rings. The lowest BCUT2D eigenvalue weighted by atomic mass is 9.98. The largest absolute Gasteiger partial charge is 0.479 e. The van der Waals surface area contributed by atoms with Gasteiger partial charge in [0.25, 0.3) is 0 Å². The van der Waals surface area contributed by atoms with Gasteiger partial charge in [-0.2, -0.15) is 0 Å². The molecule has 0 aromatic heterocycles. The number of rotatable bonds is 52. The normalized spacial score (nSPS) is 18.5. The molecule has 0 bridgehead atoms. The zero-order valence-electron chi connectivity index (χ0n) is 49.6. The van der Waals surface area contributed by atoms with Crippen molar-refractivity contribution in [1.82, 2.24) is 0 Å². The van der Waals surface area contributed by atoms with Crippen molar-refractivity contribution < 1.29 is 58.2 Å². The number of hydrogen-bond acceptors (Lipinski definition) is 11. The summed E-state index contributed by atoms with van der Waals surface area (Å²) in [4.78, 5) is 51.2. The molecule has 0 aliphatic carbocycles. The van der Waals surface area contributed by atoms with Crippen LogP contribution in [0.4, 0.5) is 0 Å². The Morgan fingerprint density at radius 1 is 0.430 bits per heavy atom. The second-order valence-corrected chi connectivity index (χ2v) is 20.9. The Labute approximate surface area is 479 Å². The second-order valence-electron chi connectivity index (χ2n) is 20.9. The second kappa shape index (κ2) is 54.2. The number of carboxylic acid groups (broad SMARTS) is 1. The average Bonchev–Trinajstić information content (AvgIpc) is 3.44. The molecule has 0 aromatic rings. The summed E-state index contributed by atoms with van der Waals surface area (Å²) in [5, 5.41) is 31.5. The quantitative estimate of drug-likeness (QED) is 0.0228. The van der Waals surface area contributed by atoms with Crippen molar-refractivity contribution in [3.8, 4) is 0 Å². The Bertz CT molecular complexity index is 1740. The van der Waals surface area contributed by atoms with Crippen LogP contribution in [0.5, 0.6) is 0 Å². The van der Waals surface area contributed by atoms with Crippen LogP contribution in [0.1, 0.15) is 252 Å². The third-order valence-electron chi connectivity index (χ3n) is 13.6. The Balaban J connectivity index is 2.73. The van der Waals surface area contributed by atoms with E-state index in [0.717, 1.165) is 109 Å². The van der Waals surface area contributed by atoms with Gasteiger partial charge in [-0.3, -0.25) is 14.4 Å². The summed E-state index contributed by atoms with van der Waals surface area (Å²) in [7, 11) is 0. The van der Waals surface area contributed by atoms with E-state index in [1.807, 2.05) is 18.2 Å². The molecule has 1 heterocycles. The number of esters is 3. The Morgan fingerprint density at radius 2 is 0.823 bits per heavy atom. The zero-order valence-corrected chi connectivity index (χ0v) is 49.6. The third kappa shape index (κ3) is 44.0. The van der Waals surface area contributed by atoms with Gasteiger partial charge >= 0.3 is 23.9 Å². The van der Waals surface area contributed by atoms with E-state index in [9.17, 15) is 34.5 Å². The van der Waals surface area contributed by atoms with Crippen molar-refractivity contribution >= 4 is 23.9 Å². The molecular formula is C67H110O12. The number of ether oxygens (including phenoxy) is 5. The van der Waals surface area contributed by atoms with Crippen LogP contribution in [-0.2, 0) is 42.9 Å². The Morgan fingerprint density at radius 3 is 1.27 bits per heavy atom. The van der Waals surface area contributed by atoms with E-state index in [1.54, 1.807) is 0 Å². The van der Waals surface area contributed by atoms with E-state index in [2.05, 4.69) is 99.8 Å². The standard InChI is InChI=1S/C67H110O12/c1-4-7-10-13-16-19-22-25-28-29-30-31-34-37-40-43-46-49-52-55-61(70)78-65-63(72)62(71)64(66(73)74)79-67(65)76-57-58(77-60(69)54-51-48-45-42-39-36-33-27-24-21-18-15-12-9-6-3)56-75-59(68)53-50-47-44-41-38-35-32-26-23-20-17-14-11-8-5-2/h7,10,16,19,25-28,30-33,37,40,46,49,58,62-65,67,71-72H,4-6,8-9,11-15,17-18,20-24,29,34-36,38-39,41-45,47-48,50-57H2,1-3H3,(H,73,74)/b10-7-,19-16-,28-25-,31-30-,32-26-,33-27-,40-37-,49-46-. The van der Waals surface area contributed by atoms with Gasteiger partial charge in [-0.1, -0.05) is 221 Å². The van der Waals surface area contributed by atoms with Crippen LogP contribution < -0.4 is 0 Å². The molecule has 0 saturated carbocycles. The van der Waals surface area contributed by atoms with Gasteiger partial charge in [0, 0.05) is 19.3 Å². The first-order valence-corrected chi connectivity index (χ1v) is 31.2. The van der Waals surface area contributed by atoms with Gasteiger partial charge < -0.3 is 39.0 Å². The SMILES string of the molecule is CC/C=C\C/C=C\C/C=C\C/C=C\C/C=C\C/C=C\CCC(=O)OC1C(OCC(COC(=O)CCCCCCC/C=C\CCCCCCCC)OC(=O)CCCCCCC/C=C\CCCCCCCC)OC(C(=O)O)C(O)C1O. The van der Waals surface area contributed by atoms with E-state index < -0.39 is 67.3 Å². The molecule has 450 valence electrons. The summed E-state index contributed by atoms with van der Waals surface area (Å²) in [5.74, 6) is -3.25. The molecule has 79 heavy (non-hydrogen) atoms. The minimum absolute atomic E-state index is 0.0696. The number of allylic oxidation sites excluding steroid dienone is 16. The summed E-state index contributed by atoms with van der Waals surface area (Å²) in [5.41, 5.74) is 0. The van der Waals surface area contributed by atoms with Gasteiger partial charge in [0.05, 0.1) is 6.61 Å². The minimum atomic E-state index is -1.93. The van der Waals surface area contributed by atoms with Gasteiger partial charge in [0.2, 0.25) is 0 Å². The van der Waals surface area contributed by atoms with Crippen molar-refractivity contribution in [2.24, 2.45) is 0 Å². The maximum atomic E-state index is 13.2. The van der Waals surface area contributed by atoms with Crippen molar-refractivity contribution in [1.29, 1.82) is 0 Å². The summed E-state index contributed by atoms with van der Waals surface area (Å²) in [6, 6.07) is 0. The lowest BCUT2D eigenvalue weighted by Gasteiger charge is -2.40. The molecule has 0 radical (unpaired) electrons. The van der Waals surface area contributed by atoms with Crippen LogP contribution in [0.25, 0.3) is 0 Å². The Kier molecular flexibility index (Phi) is 49.9. The summed E-state index contributed by atoms with van der Waals surface area (Å²) in [6.45, 7) is 5.83. The van der Waals surface area contributed by atoms with Crippen molar-refractivity contribution in [3.63, 3.8) is 0 Å². The molecule has 12 heteroatoms. The van der Waals surface area contributed by atoms with Gasteiger partial charge in [-0.05, 0) is 109 Å². The fourth-order valence-electron chi connectivity index (χ4n) is 8.85. The predicted molar refractivity (Wildman–Crippen MR) is 321 cm³/mol. The molecule has 6 unspecified atom stereocenters. The molecule has 1 rings (SSSR count). The van der Waals surface area contributed by atoms with Crippen LogP contribution in [-0.4, -0.2) is 89.2 Å². The number of hydrogen-bond donors (Lipinski definition) is 3. The number of carbonyl (C=O) groups is 4. The summed E-state index contributed by atoms with van der Waals surface area (Å²) in [6.07, 6.45) is 59.5. The molecule has 0 aromatic carbocycles. The first kappa shape index (κ1) is 72.7. The van der Waals surface area contributed by atoms with Gasteiger partial charge in [0.15, 0.2) is 24.6 Å². The number of aliphatic hydroxyl groups excluding tert-OH is 2. The van der Waals surface area contributed by atoms with E-state index >= 15 is 0 Å². The van der Waals surface area contributed by atoms with Crippen LogP contribution in [0.15, 0.2) is 97.2 Å². The summed E-state index contributed by atoms with van der Waals surface area (Å²) < 4.78 is 28.4. The van der Waals surface area contributed by atoms with Gasteiger partial charge in [0.1, 0.15) is 18.8 Å². The number of carbonyl (C=O) groups excluding carboxylic acids is 3. The van der Waals surface area contributed by atoms with Gasteiger partial charge in [-0.25, -0.2) is 4.79 Å². The highest BCUT2D eigenvalue weighted by Gasteiger charge is 2.50. The molecule has 1 aliphatic heterocycles.